The topological polar surface area (TPSA) is 29.9 Å². The Kier molecular flexibility index (Phi) is 4.15. The second-order valence-corrected chi connectivity index (χ2v) is 7.82. The van der Waals surface area contributed by atoms with Crippen molar-refractivity contribution in [3.05, 3.63) is 99.5 Å². The van der Waals surface area contributed by atoms with Crippen molar-refractivity contribution in [3.8, 4) is 0 Å². The first kappa shape index (κ1) is 17.4. The SMILES string of the molecule is Cc1ccc(C2=C[C@H](c3ccc(Cl)cc3Cl)n3c(nc4ccccc43)N2)cc1. The lowest BCUT2D eigenvalue weighted by Crippen LogP contribution is -2.19. The fraction of sp³-hybridized carbons (Fsp3) is 0.0870. The zero-order valence-electron chi connectivity index (χ0n) is 15.2. The Morgan fingerprint density at radius 2 is 1.75 bits per heavy atom. The smallest absolute Gasteiger partial charge is 0.209 e. The van der Waals surface area contributed by atoms with Crippen LogP contribution in [-0.4, -0.2) is 9.55 Å². The normalized spacial score (nSPS) is 15.8. The summed E-state index contributed by atoms with van der Waals surface area (Å²) in [4.78, 5) is 4.81. The lowest BCUT2D eigenvalue weighted by molar-refractivity contribution is 0.720. The summed E-state index contributed by atoms with van der Waals surface area (Å²) < 4.78 is 2.18. The first-order chi connectivity index (χ1) is 13.6. The lowest BCUT2D eigenvalue weighted by Gasteiger charge is -2.27. The van der Waals surface area contributed by atoms with Crippen LogP contribution in [0.1, 0.15) is 22.7 Å². The summed E-state index contributed by atoms with van der Waals surface area (Å²) in [6.45, 7) is 2.09. The standard InChI is InChI=1S/C23H17Cl2N3/c1-14-6-8-15(9-7-14)20-13-22(17-11-10-16(24)12-18(17)25)28-21-5-3-2-4-19(21)26-23(28)27-20/h2-13,22H,1H3,(H,26,27)/t22-/m1/s1. The van der Waals surface area contributed by atoms with E-state index < -0.39 is 0 Å². The third kappa shape index (κ3) is 2.88. The van der Waals surface area contributed by atoms with Crippen molar-refractivity contribution >= 4 is 45.9 Å². The van der Waals surface area contributed by atoms with Gasteiger partial charge in [-0.3, -0.25) is 4.57 Å². The molecule has 138 valence electrons. The number of halogens is 2. The Hall–Kier alpha value is -2.75. The molecular formula is C23H17Cl2N3. The third-order valence-electron chi connectivity index (χ3n) is 5.09. The van der Waals surface area contributed by atoms with E-state index in [-0.39, 0.29) is 6.04 Å². The Morgan fingerprint density at radius 3 is 2.54 bits per heavy atom. The molecule has 1 atom stereocenters. The van der Waals surface area contributed by atoms with Gasteiger partial charge in [-0.1, -0.05) is 71.2 Å². The monoisotopic (exact) mass is 405 g/mol. The molecule has 28 heavy (non-hydrogen) atoms. The van der Waals surface area contributed by atoms with Crippen LogP contribution in [0.3, 0.4) is 0 Å². The number of para-hydroxylation sites is 2. The van der Waals surface area contributed by atoms with Gasteiger partial charge in [-0.25, -0.2) is 4.98 Å². The van der Waals surface area contributed by atoms with Crippen molar-refractivity contribution in [1.29, 1.82) is 0 Å². The van der Waals surface area contributed by atoms with Crippen LogP contribution in [0, 0.1) is 6.92 Å². The number of anilines is 1. The van der Waals surface area contributed by atoms with Gasteiger partial charge >= 0.3 is 0 Å². The van der Waals surface area contributed by atoms with Crippen LogP contribution in [0.15, 0.2) is 72.8 Å². The molecular weight excluding hydrogens is 389 g/mol. The minimum absolute atomic E-state index is 0.0929. The summed E-state index contributed by atoms with van der Waals surface area (Å²) in [5.74, 6) is 0.801. The molecule has 0 unspecified atom stereocenters. The molecule has 1 aromatic heterocycles. The summed E-state index contributed by atoms with van der Waals surface area (Å²) in [6, 6.07) is 22.1. The lowest BCUT2D eigenvalue weighted by atomic mass is 10.0. The van der Waals surface area contributed by atoms with Crippen molar-refractivity contribution in [2.24, 2.45) is 0 Å². The van der Waals surface area contributed by atoms with E-state index in [1.165, 1.54) is 5.56 Å². The van der Waals surface area contributed by atoms with Crippen LogP contribution in [0.2, 0.25) is 10.0 Å². The van der Waals surface area contributed by atoms with E-state index >= 15 is 0 Å². The van der Waals surface area contributed by atoms with Gasteiger partial charge in [-0.15, -0.1) is 0 Å². The van der Waals surface area contributed by atoms with Crippen LogP contribution in [0.5, 0.6) is 0 Å². The van der Waals surface area contributed by atoms with Crippen molar-refractivity contribution in [2.75, 3.05) is 5.32 Å². The molecule has 5 heteroatoms. The van der Waals surface area contributed by atoms with Gasteiger partial charge in [0.1, 0.15) is 0 Å². The number of allylic oxidation sites excluding steroid dienone is 1. The predicted molar refractivity (Wildman–Crippen MR) is 117 cm³/mol. The van der Waals surface area contributed by atoms with Crippen LogP contribution in [0.25, 0.3) is 16.7 Å². The minimum atomic E-state index is -0.0929. The van der Waals surface area contributed by atoms with Gasteiger partial charge in [0, 0.05) is 15.7 Å². The second kappa shape index (κ2) is 6.69. The number of nitrogens with zero attached hydrogens (tertiary/aromatic N) is 2. The molecule has 4 aromatic rings. The highest BCUT2D eigenvalue weighted by Gasteiger charge is 2.26. The van der Waals surface area contributed by atoms with E-state index in [1.54, 1.807) is 6.07 Å². The quantitative estimate of drug-likeness (QED) is 0.401. The van der Waals surface area contributed by atoms with Gasteiger partial charge in [-0.05, 0) is 48.4 Å². The van der Waals surface area contributed by atoms with E-state index in [4.69, 9.17) is 28.2 Å². The molecule has 3 aromatic carbocycles. The molecule has 0 amide bonds. The van der Waals surface area contributed by atoms with Crippen molar-refractivity contribution < 1.29 is 0 Å². The second-order valence-electron chi connectivity index (χ2n) is 6.98. The molecule has 0 spiro atoms. The maximum atomic E-state index is 6.59. The molecule has 5 rings (SSSR count). The molecule has 1 aliphatic heterocycles. The molecule has 0 bridgehead atoms. The summed E-state index contributed by atoms with van der Waals surface area (Å²) >= 11 is 12.7. The summed E-state index contributed by atoms with van der Waals surface area (Å²) in [7, 11) is 0. The number of aromatic nitrogens is 2. The Morgan fingerprint density at radius 1 is 0.964 bits per heavy atom. The highest BCUT2D eigenvalue weighted by atomic mass is 35.5. The minimum Gasteiger partial charge on any atom is -0.325 e. The zero-order chi connectivity index (χ0) is 19.3. The fourth-order valence-electron chi connectivity index (χ4n) is 3.68. The van der Waals surface area contributed by atoms with Gasteiger partial charge in [0.2, 0.25) is 5.95 Å². The maximum Gasteiger partial charge on any atom is 0.209 e. The van der Waals surface area contributed by atoms with Gasteiger partial charge in [0.15, 0.2) is 0 Å². The van der Waals surface area contributed by atoms with Crippen molar-refractivity contribution in [2.45, 2.75) is 13.0 Å². The van der Waals surface area contributed by atoms with Crippen LogP contribution >= 0.6 is 23.2 Å². The predicted octanol–water partition coefficient (Wildman–Crippen LogP) is 6.71. The number of hydrogen-bond acceptors (Lipinski definition) is 2. The van der Waals surface area contributed by atoms with Crippen molar-refractivity contribution in [1.82, 2.24) is 9.55 Å². The van der Waals surface area contributed by atoms with Gasteiger partial charge in [-0.2, -0.15) is 0 Å². The Labute approximate surface area is 173 Å². The number of imidazole rings is 1. The number of nitrogens with one attached hydrogen (secondary N) is 1. The van der Waals surface area contributed by atoms with E-state index in [0.717, 1.165) is 33.8 Å². The fourth-order valence-corrected chi connectivity index (χ4v) is 4.20. The molecule has 3 nitrogen and oxygen atoms in total. The highest BCUT2D eigenvalue weighted by Crippen LogP contribution is 2.39. The van der Waals surface area contributed by atoms with E-state index in [2.05, 4.69) is 53.2 Å². The average molecular weight is 406 g/mol. The Bertz CT molecular complexity index is 1220. The first-order valence-electron chi connectivity index (χ1n) is 9.08. The summed E-state index contributed by atoms with van der Waals surface area (Å²) in [6.07, 6.45) is 2.20. The number of fused-ring (bicyclic) bond motifs is 3. The number of hydrogen-bond donors (Lipinski definition) is 1. The summed E-state index contributed by atoms with van der Waals surface area (Å²) in [5.41, 5.74) is 6.34. The summed E-state index contributed by atoms with van der Waals surface area (Å²) in [5, 5.41) is 4.76. The first-order valence-corrected chi connectivity index (χ1v) is 9.83. The number of aryl methyl sites for hydroxylation is 1. The van der Waals surface area contributed by atoms with Crippen LogP contribution in [-0.2, 0) is 0 Å². The van der Waals surface area contributed by atoms with Crippen LogP contribution in [0.4, 0.5) is 5.95 Å². The molecule has 0 saturated carbocycles. The Balaban J connectivity index is 1.74. The highest BCUT2D eigenvalue weighted by molar-refractivity contribution is 6.35. The van der Waals surface area contributed by atoms with E-state index in [9.17, 15) is 0 Å². The van der Waals surface area contributed by atoms with Crippen molar-refractivity contribution in [3.63, 3.8) is 0 Å². The average Bonchev–Trinajstić information content (AvgIpc) is 3.06. The molecule has 0 aliphatic carbocycles. The van der Waals surface area contributed by atoms with E-state index in [0.29, 0.717) is 10.0 Å². The maximum absolute atomic E-state index is 6.59. The molecule has 0 radical (unpaired) electrons. The molecule has 1 aliphatic rings. The molecule has 0 fully saturated rings. The third-order valence-corrected chi connectivity index (χ3v) is 5.65. The van der Waals surface area contributed by atoms with Crippen LogP contribution < -0.4 is 5.32 Å². The van der Waals surface area contributed by atoms with Gasteiger partial charge < -0.3 is 5.32 Å². The zero-order valence-corrected chi connectivity index (χ0v) is 16.7. The molecule has 2 heterocycles. The van der Waals surface area contributed by atoms with Gasteiger partial charge in [0.05, 0.1) is 17.1 Å². The molecule has 1 N–H and O–H groups in total. The van der Waals surface area contributed by atoms with Gasteiger partial charge in [0.25, 0.3) is 0 Å². The largest absolute Gasteiger partial charge is 0.325 e. The molecule has 0 saturated heterocycles. The number of rotatable bonds is 2. The number of benzene rings is 3. The van der Waals surface area contributed by atoms with E-state index in [1.807, 2.05) is 30.3 Å².